The molecule has 0 saturated heterocycles. The van der Waals surface area contributed by atoms with Crippen molar-refractivity contribution in [3.63, 3.8) is 0 Å². The minimum atomic E-state index is -5.38. The number of hydrogen-bond donors (Lipinski definition) is 4. The predicted molar refractivity (Wildman–Crippen MR) is 112 cm³/mol. The monoisotopic (exact) mass is 444 g/mol. The van der Waals surface area contributed by atoms with Crippen molar-refractivity contribution >= 4 is 22.0 Å². The Labute approximate surface area is 177 Å². The molecule has 1 aromatic rings. The van der Waals surface area contributed by atoms with Crippen molar-refractivity contribution < 1.29 is 32.4 Å². The van der Waals surface area contributed by atoms with E-state index in [1.165, 1.54) is 0 Å². The molecule has 10 heteroatoms. The van der Waals surface area contributed by atoms with Crippen LogP contribution in [-0.4, -0.2) is 47.0 Å². The molecule has 5 N–H and O–H groups in total. The van der Waals surface area contributed by atoms with Gasteiger partial charge in [-0.2, -0.15) is 8.42 Å². The van der Waals surface area contributed by atoms with Crippen molar-refractivity contribution in [3.05, 3.63) is 35.9 Å². The van der Waals surface area contributed by atoms with E-state index >= 15 is 0 Å². The van der Waals surface area contributed by atoms with E-state index in [0.29, 0.717) is 12.0 Å². The largest absolute Gasteiger partial charge is 0.458 e. The first-order chi connectivity index (χ1) is 13.8. The molecule has 1 aromatic carbocycles. The number of benzene rings is 1. The second kappa shape index (κ2) is 10.9. The van der Waals surface area contributed by atoms with Crippen LogP contribution in [0.3, 0.4) is 0 Å². The van der Waals surface area contributed by atoms with E-state index in [0.717, 1.165) is 0 Å². The number of rotatable bonds is 11. The molecule has 0 aliphatic carbocycles. The maximum absolute atomic E-state index is 12.6. The van der Waals surface area contributed by atoms with E-state index in [1.807, 2.05) is 13.8 Å². The summed E-state index contributed by atoms with van der Waals surface area (Å²) in [6.07, 6.45) is 0.180. The lowest BCUT2D eigenvalue weighted by Gasteiger charge is -2.33. The third kappa shape index (κ3) is 7.05. The number of carbonyl (C=O) groups excluding carboxylic acids is 2. The van der Waals surface area contributed by atoms with Crippen molar-refractivity contribution in [2.24, 2.45) is 17.6 Å². The summed E-state index contributed by atoms with van der Waals surface area (Å²) in [5, 5.41) is 13.2. The molecule has 1 rings (SSSR count). The number of esters is 1. The van der Waals surface area contributed by atoms with Gasteiger partial charge in [-0.25, -0.2) is 4.79 Å². The van der Waals surface area contributed by atoms with Crippen LogP contribution in [0.4, 0.5) is 0 Å². The molecule has 0 spiro atoms. The highest BCUT2D eigenvalue weighted by molar-refractivity contribution is 7.88. The first-order valence-corrected chi connectivity index (χ1v) is 11.2. The van der Waals surface area contributed by atoms with E-state index in [9.17, 15) is 27.7 Å². The fourth-order valence-electron chi connectivity index (χ4n) is 2.94. The quantitative estimate of drug-likeness (QED) is 0.293. The first kappa shape index (κ1) is 26.0. The first-order valence-electron chi connectivity index (χ1n) is 9.75. The highest BCUT2D eigenvalue weighted by Crippen LogP contribution is 2.26. The second-order valence-corrected chi connectivity index (χ2v) is 9.73. The van der Waals surface area contributed by atoms with Gasteiger partial charge in [-0.3, -0.25) is 9.35 Å². The van der Waals surface area contributed by atoms with Crippen molar-refractivity contribution in [3.8, 4) is 0 Å². The van der Waals surface area contributed by atoms with Crippen LogP contribution in [0.25, 0.3) is 0 Å². The van der Waals surface area contributed by atoms with E-state index < -0.39 is 39.0 Å². The van der Waals surface area contributed by atoms with Crippen LogP contribution in [0.1, 0.15) is 46.1 Å². The molecule has 0 bridgehead atoms. The van der Waals surface area contributed by atoms with Gasteiger partial charge in [-0.1, -0.05) is 58.0 Å². The highest BCUT2D eigenvalue weighted by Gasteiger charge is 2.57. The lowest BCUT2D eigenvalue weighted by molar-refractivity contribution is -0.162. The van der Waals surface area contributed by atoms with Gasteiger partial charge < -0.3 is 20.9 Å². The normalized spacial score (nSPS) is 16.0. The topological polar surface area (TPSA) is 156 Å². The minimum Gasteiger partial charge on any atom is -0.458 e. The van der Waals surface area contributed by atoms with Gasteiger partial charge in [0, 0.05) is 0 Å². The van der Waals surface area contributed by atoms with Crippen LogP contribution in [0.5, 0.6) is 0 Å². The molecule has 9 nitrogen and oxygen atoms in total. The number of nitrogens with one attached hydrogen (secondary N) is 1. The minimum absolute atomic E-state index is 0.0885. The molecule has 3 atom stereocenters. The molecule has 2 unspecified atom stereocenters. The summed E-state index contributed by atoms with van der Waals surface area (Å²) in [5.74, 6) is -2.48. The fraction of sp³-hybridized carbons (Fsp3) is 0.600. The molecular formula is C20H32N2O7S. The Hall–Kier alpha value is -2.01. The van der Waals surface area contributed by atoms with Crippen LogP contribution >= 0.6 is 0 Å². The standard InChI is InChI=1S/C20H32N2O7S/c1-13(2)10-16(21)18(23)22-17(11-14(3)4)20(25,30(26,27)28)19(24)29-12-15-8-6-5-7-9-15/h5-9,13-14,16-17,25H,10-12,21H2,1-4H3,(H,22,23)(H,26,27,28)/t16-,17?,20?/m0/s1. The van der Waals surface area contributed by atoms with E-state index in [2.05, 4.69) is 5.32 Å². The van der Waals surface area contributed by atoms with Crippen LogP contribution in [0.15, 0.2) is 30.3 Å². The van der Waals surface area contributed by atoms with Gasteiger partial charge >= 0.3 is 21.0 Å². The third-order valence-electron chi connectivity index (χ3n) is 4.46. The molecule has 170 valence electrons. The van der Waals surface area contributed by atoms with Crippen molar-refractivity contribution in [1.82, 2.24) is 5.32 Å². The van der Waals surface area contributed by atoms with Crippen LogP contribution in [0, 0.1) is 11.8 Å². The highest BCUT2D eigenvalue weighted by atomic mass is 32.2. The van der Waals surface area contributed by atoms with Gasteiger partial charge in [-0.05, 0) is 30.2 Å². The number of amides is 1. The number of ether oxygens (including phenoxy) is 1. The van der Waals surface area contributed by atoms with Crippen LogP contribution in [0.2, 0.25) is 0 Å². The molecule has 0 aliphatic rings. The summed E-state index contributed by atoms with van der Waals surface area (Å²) in [6, 6.07) is 5.75. The van der Waals surface area contributed by atoms with E-state index in [4.69, 9.17) is 10.5 Å². The molecule has 0 radical (unpaired) electrons. The Morgan fingerprint density at radius 2 is 1.63 bits per heavy atom. The molecule has 30 heavy (non-hydrogen) atoms. The lowest BCUT2D eigenvalue weighted by atomic mass is 9.97. The number of hydrogen-bond acceptors (Lipinski definition) is 7. The molecule has 1 amide bonds. The Balaban J connectivity index is 3.18. The maximum Gasteiger partial charge on any atom is 0.359 e. The number of carbonyl (C=O) groups is 2. The van der Waals surface area contributed by atoms with Crippen molar-refractivity contribution in [1.29, 1.82) is 0 Å². The molecular weight excluding hydrogens is 412 g/mol. The molecule has 0 fully saturated rings. The Morgan fingerprint density at radius 1 is 1.10 bits per heavy atom. The van der Waals surface area contributed by atoms with Crippen molar-refractivity contribution in [2.45, 2.75) is 64.2 Å². The number of aliphatic hydroxyl groups is 1. The third-order valence-corrected chi connectivity index (χ3v) is 5.69. The smallest absolute Gasteiger partial charge is 0.359 e. The number of nitrogens with two attached hydrogens (primary N) is 1. The predicted octanol–water partition coefficient (Wildman–Crippen LogP) is 1.21. The van der Waals surface area contributed by atoms with Gasteiger partial charge in [0.1, 0.15) is 6.61 Å². The summed E-state index contributed by atoms with van der Waals surface area (Å²) in [7, 11) is -5.38. The molecule has 0 heterocycles. The molecule has 0 aromatic heterocycles. The van der Waals surface area contributed by atoms with Crippen LogP contribution < -0.4 is 11.1 Å². The van der Waals surface area contributed by atoms with Crippen LogP contribution in [-0.2, 0) is 31.1 Å². The van der Waals surface area contributed by atoms with Crippen molar-refractivity contribution in [2.75, 3.05) is 0 Å². The summed E-state index contributed by atoms with van der Waals surface area (Å²) >= 11 is 0. The second-order valence-electron chi connectivity index (χ2n) is 8.16. The zero-order chi connectivity index (χ0) is 23.1. The zero-order valence-electron chi connectivity index (χ0n) is 17.7. The summed E-state index contributed by atoms with van der Waals surface area (Å²) in [5.41, 5.74) is 6.39. The maximum atomic E-state index is 12.6. The molecule has 0 saturated carbocycles. The average molecular weight is 445 g/mol. The van der Waals surface area contributed by atoms with E-state index in [1.54, 1.807) is 44.2 Å². The average Bonchev–Trinajstić information content (AvgIpc) is 2.63. The Bertz CT molecular complexity index is 812. The van der Waals surface area contributed by atoms with E-state index in [-0.39, 0.29) is 24.9 Å². The van der Waals surface area contributed by atoms with Gasteiger partial charge in [0.15, 0.2) is 0 Å². The van der Waals surface area contributed by atoms with Gasteiger partial charge in [0.05, 0.1) is 12.1 Å². The summed E-state index contributed by atoms with van der Waals surface area (Å²) in [4.78, 5) is 21.7. The van der Waals surface area contributed by atoms with Gasteiger partial charge in [-0.15, -0.1) is 0 Å². The SMILES string of the molecule is CC(C)CC(NC(=O)[C@@H](N)CC(C)C)C(O)(C(=O)OCc1ccccc1)S(=O)(=O)O. The zero-order valence-corrected chi connectivity index (χ0v) is 18.6. The molecule has 0 aliphatic heterocycles. The summed E-state index contributed by atoms with van der Waals surface area (Å²) < 4.78 is 38.9. The Kier molecular flexibility index (Phi) is 9.41. The lowest BCUT2D eigenvalue weighted by Crippen LogP contribution is -2.64. The van der Waals surface area contributed by atoms with Gasteiger partial charge in [0.25, 0.3) is 0 Å². The summed E-state index contributed by atoms with van der Waals surface area (Å²) in [6.45, 7) is 6.79. The fourth-order valence-corrected chi connectivity index (χ4v) is 3.72. The Morgan fingerprint density at radius 3 is 2.10 bits per heavy atom. The van der Waals surface area contributed by atoms with Gasteiger partial charge in [0.2, 0.25) is 5.91 Å².